The lowest BCUT2D eigenvalue weighted by Crippen LogP contribution is -2.20. The minimum Gasteiger partial charge on any atom is -0.396 e. The predicted octanol–water partition coefficient (Wildman–Crippen LogP) is 0.944. The molecular weight excluding hydrogens is 140 g/mol. The van der Waals surface area contributed by atoms with Crippen molar-refractivity contribution in [3.8, 4) is 0 Å². The Balaban J connectivity index is 2.47. The number of hydrogen-bond donors (Lipinski definition) is 2. The summed E-state index contributed by atoms with van der Waals surface area (Å²) in [6.07, 6.45) is 7.22. The van der Waals surface area contributed by atoms with Crippen molar-refractivity contribution < 1.29 is 10.2 Å². The summed E-state index contributed by atoms with van der Waals surface area (Å²) in [5, 5.41) is 18.0. The molecule has 0 aromatic carbocycles. The molecule has 0 aromatic rings. The molecule has 0 heterocycles. The van der Waals surface area contributed by atoms with Crippen molar-refractivity contribution in [1.82, 2.24) is 0 Å². The van der Waals surface area contributed by atoms with Gasteiger partial charge in [0.05, 0.1) is 0 Å². The molecule has 0 amide bonds. The van der Waals surface area contributed by atoms with Crippen LogP contribution in [0.15, 0.2) is 12.2 Å². The summed E-state index contributed by atoms with van der Waals surface area (Å²) in [7, 11) is 0. The van der Waals surface area contributed by atoms with Crippen molar-refractivity contribution in [3.63, 3.8) is 0 Å². The Hall–Kier alpha value is -0.340. The van der Waals surface area contributed by atoms with E-state index in [2.05, 4.69) is 12.2 Å². The van der Waals surface area contributed by atoms with Gasteiger partial charge in [0.25, 0.3) is 0 Å². The lowest BCUT2D eigenvalue weighted by Gasteiger charge is -2.20. The molecule has 2 N–H and O–H groups in total. The molecule has 0 fully saturated rings. The van der Waals surface area contributed by atoms with Crippen molar-refractivity contribution in [1.29, 1.82) is 0 Å². The third kappa shape index (κ3) is 2.31. The maximum Gasteiger partial charge on any atom is 0.0465 e. The lowest BCUT2D eigenvalue weighted by molar-refractivity contribution is 0.118. The zero-order chi connectivity index (χ0) is 8.10. The molecular formula is C9H16O2. The molecule has 1 rings (SSSR count). The van der Waals surface area contributed by atoms with Crippen LogP contribution in [-0.2, 0) is 0 Å². The maximum absolute atomic E-state index is 8.98. The second-order valence-electron chi connectivity index (χ2n) is 3.17. The molecule has 0 spiro atoms. The molecule has 64 valence electrons. The quantitative estimate of drug-likeness (QED) is 0.584. The second-order valence-corrected chi connectivity index (χ2v) is 3.17. The second kappa shape index (κ2) is 4.52. The minimum atomic E-state index is 0.204. The number of aliphatic hydroxyl groups excluding tert-OH is 2. The van der Waals surface area contributed by atoms with E-state index < -0.39 is 0 Å². The summed E-state index contributed by atoms with van der Waals surface area (Å²) >= 11 is 0. The zero-order valence-corrected chi connectivity index (χ0v) is 6.74. The summed E-state index contributed by atoms with van der Waals surface area (Å²) in [6.45, 7) is 0.419. The number of rotatable bonds is 2. The number of hydrogen-bond acceptors (Lipinski definition) is 2. The molecule has 0 aliphatic heterocycles. The first-order valence-corrected chi connectivity index (χ1v) is 4.25. The predicted molar refractivity (Wildman–Crippen MR) is 44.1 cm³/mol. The molecule has 2 nitrogen and oxygen atoms in total. The van der Waals surface area contributed by atoms with Gasteiger partial charge in [0, 0.05) is 13.2 Å². The Kier molecular flexibility index (Phi) is 3.60. The molecule has 2 atom stereocenters. The largest absolute Gasteiger partial charge is 0.396 e. The van der Waals surface area contributed by atoms with Crippen molar-refractivity contribution >= 4 is 0 Å². The fraction of sp³-hybridized carbons (Fsp3) is 0.778. The topological polar surface area (TPSA) is 40.5 Å². The van der Waals surface area contributed by atoms with Crippen molar-refractivity contribution in [2.45, 2.75) is 19.3 Å². The Morgan fingerprint density at radius 3 is 2.45 bits per heavy atom. The van der Waals surface area contributed by atoms with E-state index in [1.807, 2.05) is 0 Å². The van der Waals surface area contributed by atoms with E-state index in [9.17, 15) is 0 Å². The monoisotopic (exact) mass is 156 g/mol. The molecule has 0 saturated carbocycles. The maximum atomic E-state index is 8.98. The van der Waals surface area contributed by atoms with Crippen molar-refractivity contribution in [2.75, 3.05) is 13.2 Å². The van der Waals surface area contributed by atoms with Crippen LogP contribution < -0.4 is 0 Å². The molecule has 0 bridgehead atoms. The molecule has 11 heavy (non-hydrogen) atoms. The SMILES string of the molecule is OCC1CC=CCCC1CO. The van der Waals surface area contributed by atoms with Gasteiger partial charge in [-0.2, -0.15) is 0 Å². The van der Waals surface area contributed by atoms with Gasteiger partial charge < -0.3 is 10.2 Å². The standard InChI is InChI=1S/C9H16O2/c10-6-8-4-2-1-3-5-9(8)7-11/h1-2,8-11H,3-7H2. The third-order valence-electron chi connectivity index (χ3n) is 2.45. The fourth-order valence-electron chi connectivity index (χ4n) is 1.59. The van der Waals surface area contributed by atoms with Crippen LogP contribution in [0.25, 0.3) is 0 Å². The number of allylic oxidation sites excluding steroid dienone is 2. The van der Waals surface area contributed by atoms with Crippen LogP contribution in [0.2, 0.25) is 0 Å². The molecule has 1 aliphatic rings. The third-order valence-corrected chi connectivity index (χ3v) is 2.45. The van der Waals surface area contributed by atoms with Crippen LogP contribution in [0, 0.1) is 11.8 Å². The van der Waals surface area contributed by atoms with Gasteiger partial charge in [0.2, 0.25) is 0 Å². The molecule has 1 aliphatic carbocycles. The molecule has 0 radical (unpaired) electrons. The molecule has 0 saturated heterocycles. The zero-order valence-electron chi connectivity index (χ0n) is 6.74. The van der Waals surface area contributed by atoms with Crippen LogP contribution >= 0.6 is 0 Å². The Morgan fingerprint density at radius 2 is 1.82 bits per heavy atom. The Labute approximate surface area is 67.6 Å². The van der Waals surface area contributed by atoms with E-state index in [1.54, 1.807) is 0 Å². The van der Waals surface area contributed by atoms with Crippen LogP contribution in [0.1, 0.15) is 19.3 Å². The van der Waals surface area contributed by atoms with E-state index in [0.717, 1.165) is 19.3 Å². The van der Waals surface area contributed by atoms with Crippen molar-refractivity contribution in [2.24, 2.45) is 11.8 Å². The highest BCUT2D eigenvalue weighted by atomic mass is 16.3. The van der Waals surface area contributed by atoms with Gasteiger partial charge in [-0.15, -0.1) is 0 Å². The highest BCUT2D eigenvalue weighted by molar-refractivity contribution is 4.90. The molecule has 2 unspecified atom stereocenters. The van der Waals surface area contributed by atoms with E-state index in [4.69, 9.17) is 10.2 Å². The van der Waals surface area contributed by atoms with Gasteiger partial charge in [-0.25, -0.2) is 0 Å². The summed E-state index contributed by atoms with van der Waals surface area (Å²) in [4.78, 5) is 0. The Bertz CT molecular complexity index is 132. The normalized spacial score (nSPS) is 31.8. The van der Waals surface area contributed by atoms with Gasteiger partial charge in [0.15, 0.2) is 0 Å². The average Bonchev–Trinajstić information content (AvgIpc) is 2.27. The highest BCUT2D eigenvalue weighted by Gasteiger charge is 2.19. The fourth-order valence-corrected chi connectivity index (χ4v) is 1.59. The number of aliphatic hydroxyl groups is 2. The summed E-state index contributed by atoms with van der Waals surface area (Å²) in [5.74, 6) is 0.578. The first kappa shape index (κ1) is 8.75. The molecule has 0 aromatic heterocycles. The first-order valence-electron chi connectivity index (χ1n) is 4.25. The van der Waals surface area contributed by atoms with Crippen LogP contribution in [0.3, 0.4) is 0 Å². The van der Waals surface area contributed by atoms with Gasteiger partial charge in [0.1, 0.15) is 0 Å². The van der Waals surface area contributed by atoms with Crippen LogP contribution in [0.5, 0.6) is 0 Å². The summed E-state index contributed by atoms with van der Waals surface area (Å²) in [6, 6.07) is 0. The van der Waals surface area contributed by atoms with E-state index in [0.29, 0.717) is 5.92 Å². The summed E-state index contributed by atoms with van der Waals surface area (Å²) in [5.41, 5.74) is 0. The molecule has 2 heteroatoms. The van der Waals surface area contributed by atoms with E-state index in [-0.39, 0.29) is 19.1 Å². The highest BCUT2D eigenvalue weighted by Crippen LogP contribution is 2.24. The van der Waals surface area contributed by atoms with Gasteiger partial charge >= 0.3 is 0 Å². The van der Waals surface area contributed by atoms with Gasteiger partial charge in [-0.1, -0.05) is 12.2 Å². The van der Waals surface area contributed by atoms with Gasteiger partial charge in [-0.3, -0.25) is 0 Å². The van der Waals surface area contributed by atoms with E-state index >= 15 is 0 Å². The van der Waals surface area contributed by atoms with Crippen LogP contribution in [0.4, 0.5) is 0 Å². The van der Waals surface area contributed by atoms with E-state index in [1.165, 1.54) is 0 Å². The Morgan fingerprint density at radius 1 is 1.09 bits per heavy atom. The smallest absolute Gasteiger partial charge is 0.0465 e. The first-order chi connectivity index (χ1) is 5.38. The van der Waals surface area contributed by atoms with Crippen LogP contribution in [-0.4, -0.2) is 23.4 Å². The summed E-state index contributed by atoms with van der Waals surface area (Å²) < 4.78 is 0. The lowest BCUT2D eigenvalue weighted by atomic mass is 9.89. The average molecular weight is 156 g/mol. The minimum absolute atomic E-state index is 0.204. The van der Waals surface area contributed by atoms with Crippen molar-refractivity contribution in [3.05, 3.63) is 12.2 Å². The van der Waals surface area contributed by atoms with Gasteiger partial charge in [-0.05, 0) is 31.1 Å².